The van der Waals surface area contributed by atoms with Crippen molar-refractivity contribution in [2.75, 3.05) is 26.4 Å². The molecular formula is C11H21NO3. The van der Waals surface area contributed by atoms with Crippen LogP contribution in [-0.2, 0) is 14.3 Å². The summed E-state index contributed by atoms with van der Waals surface area (Å²) in [7, 11) is 0. The molecule has 4 nitrogen and oxygen atoms in total. The van der Waals surface area contributed by atoms with E-state index in [0.29, 0.717) is 25.7 Å². The number of rotatable bonds is 8. The van der Waals surface area contributed by atoms with Crippen LogP contribution in [0.5, 0.6) is 0 Å². The van der Waals surface area contributed by atoms with Crippen LogP contribution in [0, 0.1) is 0 Å². The normalized spacial score (nSPS) is 20.7. The first kappa shape index (κ1) is 12.6. The van der Waals surface area contributed by atoms with Gasteiger partial charge in [-0.3, -0.25) is 4.79 Å². The Kier molecular flexibility index (Phi) is 6.55. The molecule has 1 unspecified atom stereocenters. The van der Waals surface area contributed by atoms with Crippen LogP contribution in [0.15, 0.2) is 0 Å². The Morgan fingerprint density at radius 2 is 2.40 bits per heavy atom. The Morgan fingerprint density at radius 3 is 3.07 bits per heavy atom. The molecule has 0 aliphatic carbocycles. The Bertz CT molecular complexity index is 179. The fraction of sp³-hybridized carbons (Fsp3) is 0.909. The Balaban J connectivity index is 1.91. The summed E-state index contributed by atoms with van der Waals surface area (Å²) >= 11 is 0. The Morgan fingerprint density at radius 1 is 1.53 bits per heavy atom. The Hall–Kier alpha value is -0.450. The van der Waals surface area contributed by atoms with Crippen LogP contribution < -0.4 is 5.73 Å². The average Bonchev–Trinajstić information content (AvgIpc) is 2.71. The van der Waals surface area contributed by atoms with Gasteiger partial charge in [-0.2, -0.15) is 0 Å². The molecule has 15 heavy (non-hydrogen) atoms. The first-order valence-corrected chi connectivity index (χ1v) is 5.74. The lowest BCUT2D eigenvalue weighted by atomic mass is 10.1. The maximum absolute atomic E-state index is 11.3. The molecule has 4 heteroatoms. The third-order valence-corrected chi connectivity index (χ3v) is 2.53. The Labute approximate surface area is 91.1 Å². The predicted octanol–water partition coefficient (Wildman–Crippen LogP) is 0.880. The summed E-state index contributed by atoms with van der Waals surface area (Å²) in [4.78, 5) is 11.3. The number of hydrogen-bond acceptors (Lipinski definition) is 4. The standard InChI is InChI=1S/C11H21NO3/c12-6-8-14-9-10(13)3-1-4-11-5-2-7-15-11/h11H,1-9,12H2. The van der Waals surface area contributed by atoms with E-state index in [0.717, 1.165) is 32.3 Å². The van der Waals surface area contributed by atoms with Crippen molar-refractivity contribution < 1.29 is 14.3 Å². The van der Waals surface area contributed by atoms with Gasteiger partial charge in [-0.15, -0.1) is 0 Å². The highest BCUT2D eigenvalue weighted by atomic mass is 16.5. The summed E-state index contributed by atoms with van der Waals surface area (Å²) in [5.74, 6) is 0.168. The maximum atomic E-state index is 11.3. The molecule has 1 atom stereocenters. The second-order valence-electron chi connectivity index (χ2n) is 3.91. The quantitative estimate of drug-likeness (QED) is 0.611. The van der Waals surface area contributed by atoms with Crippen molar-refractivity contribution in [3.8, 4) is 0 Å². The van der Waals surface area contributed by atoms with Gasteiger partial charge in [0.1, 0.15) is 6.61 Å². The van der Waals surface area contributed by atoms with Gasteiger partial charge in [-0.05, 0) is 25.7 Å². The van der Waals surface area contributed by atoms with E-state index >= 15 is 0 Å². The third-order valence-electron chi connectivity index (χ3n) is 2.53. The van der Waals surface area contributed by atoms with E-state index in [1.807, 2.05) is 0 Å². The summed E-state index contributed by atoms with van der Waals surface area (Å²) in [5, 5.41) is 0. The lowest BCUT2D eigenvalue weighted by Gasteiger charge is -2.08. The molecule has 0 spiro atoms. The molecular weight excluding hydrogens is 194 g/mol. The highest BCUT2D eigenvalue weighted by molar-refractivity contribution is 5.79. The van der Waals surface area contributed by atoms with Gasteiger partial charge in [-0.1, -0.05) is 0 Å². The first-order valence-electron chi connectivity index (χ1n) is 5.74. The third kappa shape index (κ3) is 5.87. The number of ether oxygens (including phenoxy) is 2. The van der Waals surface area contributed by atoms with Crippen molar-refractivity contribution in [3.05, 3.63) is 0 Å². The molecule has 1 aliphatic rings. The summed E-state index contributed by atoms with van der Waals surface area (Å²) in [6.45, 7) is 2.04. The van der Waals surface area contributed by atoms with Gasteiger partial charge in [-0.25, -0.2) is 0 Å². The van der Waals surface area contributed by atoms with Crippen LogP contribution in [-0.4, -0.2) is 38.3 Å². The molecule has 0 bridgehead atoms. The minimum Gasteiger partial charge on any atom is -0.378 e. The molecule has 0 aromatic heterocycles. The van der Waals surface area contributed by atoms with Crippen LogP contribution in [0.4, 0.5) is 0 Å². The van der Waals surface area contributed by atoms with E-state index < -0.39 is 0 Å². The molecule has 1 heterocycles. The van der Waals surface area contributed by atoms with Gasteiger partial charge < -0.3 is 15.2 Å². The van der Waals surface area contributed by atoms with Crippen LogP contribution in [0.3, 0.4) is 0 Å². The first-order chi connectivity index (χ1) is 7.33. The van der Waals surface area contributed by atoms with E-state index in [1.165, 1.54) is 0 Å². The number of Topliss-reactive ketones (excluding diaryl/α,β-unsaturated/α-hetero) is 1. The summed E-state index contributed by atoms with van der Waals surface area (Å²) in [5.41, 5.74) is 5.24. The maximum Gasteiger partial charge on any atom is 0.158 e. The van der Waals surface area contributed by atoms with Crippen molar-refractivity contribution >= 4 is 5.78 Å². The zero-order valence-electron chi connectivity index (χ0n) is 9.24. The summed E-state index contributed by atoms with van der Waals surface area (Å²) < 4.78 is 10.5. The molecule has 2 N–H and O–H groups in total. The van der Waals surface area contributed by atoms with Crippen LogP contribution in [0.25, 0.3) is 0 Å². The monoisotopic (exact) mass is 215 g/mol. The second kappa shape index (κ2) is 7.79. The van der Waals surface area contributed by atoms with E-state index in [2.05, 4.69) is 0 Å². The summed E-state index contributed by atoms with van der Waals surface area (Å²) in [6, 6.07) is 0. The predicted molar refractivity (Wildman–Crippen MR) is 57.7 cm³/mol. The second-order valence-corrected chi connectivity index (χ2v) is 3.91. The van der Waals surface area contributed by atoms with E-state index in [4.69, 9.17) is 15.2 Å². The van der Waals surface area contributed by atoms with Gasteiger partial charge in [0, 0.05) is 19.6 Å². The SMILES string of the molecule is NCCOCC(=O)CCCC1CCCO1. The van der Waals surface area contributed by atoms with Crippen LogP contribution in [0.2, 0.25) is 0 Å². The smallest absolute Gasteiger partial charge is 0.158 e. The van der Waals surface area contributed by atoms with E-state index in [-0.39, 0.29) is 12.4 Å². The number of nitrogens with two attached hydrogens (primary N) is 1. The van der Waals surface area contributed by atoms with Crippen LogP contribution >= 0.6 is 0 Å². The summed E-state index contributed by atoms with van der Waals surface area (Å²) in [6.07, 6.45) is 5.22. The molecule has 0 amide bonds. The minimum atomic E-state index is 0.168. The molecule has 0 radical (unpaired) electrons. The molecule has 1 aliphatic heterocycles. The highest BCUT2D eigenvalue weighted by Gasteiger charge is 2.15. The fourth-order valence-electron chi connectivity index (χ4n) is 1.74. The van der Waals surface area contributed by atoms with E-state index in [9.17, 15) is 4.79 Å². The fourth-order valence-corrected chi connectivity index (χ4v) is 1.74. The van der Waals surface area contributed by atoms with Crippen molar-refractivity contribution in [1.29, 1.82) is 0 Å². The van der Waals surface area contributed by atoms with Gasteiger partial charge >= 0.3 is 0 Å². The van der Waals surface area contributed by atoms with Crippen molar-refractivity contribution in [2.24, 2.45) is 5.73 Å². The number of hydrogen-bond donors (Lipinski definition) is 1. The topological polar surface area (TPSA) is 61.5 Å². The average molecular weight is 215 g/mol. The van der Waals surface area contributed by atoms with Gasteiger partial charge in [0.15, 0.2) is 5.78 Å². The molecule has 0 aromatic rings. The zero-order valence-corrected chi connectivity index (χ0v) is 9.24. The van der Waals surface area contributed by atoms with Crippen molar-refractivity contribution in [3.63, 3.8) is 0 Å². The lowest BCUT2D eigenvalue weighted by molar-refractivity contribution is -0.123. The van der Waals surface area contributed by atoms with Crippen molar-refractivity contribution in [2.45, 2.75) is 38.2 Å². The van der Waals surface area contributed by atoms with Gasteiger partial charge in [0.25, 0.3) is 0 Å². The molecule has 0 aromatic carbocycles. The van der Waals surface area contributed by atoms with E-state index in [1.54, 1.807) is 0 Å². The molecule has 1 saturated heterocycles. The van der Waals surface area contributed by atoms with Gasteiger partial charge in [0.2, 0.25) is 0 Å². The zero-order chi connectivity index (χ0) is 10.9. The molecule has 1 rings (SSSR count). The lowest BCUT2D eigenvalue weighted by Crippen LogP contribution is -2.15. The molecule has 88 valence electrons. The number of carbonyl (C=O) groups is 1. The molecule has 0 saturated carbocycles. The van der Waals surface area contributed by atoms with Gasteiger partial charge in [0.05, 0.1) is 12.7 Å². The largest absolute Gasteiger partial charge is 0.378 e. The van der Waals surface area contributed by atoms with Crippen LogP contribution in [0.1, 0.15) is 32.1 Å². The molecule has 1 fully saturated rings. The van der Waals surface area contributed by atoms with Crippen molar-refractivity contribution in [1.82, 2.24) is 0 Å². The highest BCUT2D eigenvalue weighted by Crippen LogP contribution is 2.17. The minimum absolute atomic E-state index is 0.168. The number of ketones is 1. The number of carbonyl (C=O) groups excluding carboxylic acids is 1.